The third-order valence-electron chi connectivity index (χ3n) is 14.3. The first kappa shape index (κ1) is 42.4. The Morgan fingerprint density at radius 3 is 2.19 bits per heavy atom. The first-order valence-electron chi connectivity index (χ1n) is 20.6. The van der Waals surface area contributed by atoms with Crippen molar-refractivity contribution in [3.05, 3.63) is 12.2 Å². The number of carboxylic acid groups (broad SMARTS) is 1. The van der Waals surface area contributed by atoms with Gasteiger partial charge in [0.15, 0.2) is 5.79 Å². The Balaban J connectivity index is 1.31. The number of ketones is 2. The van der Waals surface area contributed by atoms with Crippen LogP contribution in [0.15, 0.2) is 12.2 Å². The lowest BCUT2D eigenvalue weighted by atomic mass is 9.72. The number of hydrogen-bond acceptors (Lipinski definition) is 10. The normalized spacial score (nSPS) is 44.8. The lowest BCUT2D eigenvalue weighted by Crippen LogP contribution is -2.62. The van der Waals surface area contributed by atoms with Crippen LogP contribution in [-0.4, -0.2) is 92.3 Å². The van der Waals surface area contributed by atoms with Crippen LogP contribution in [0.1, 0.15) is 133 Å². The molecule has 5 aliphatic heterocycles. The standard InChI is InChI=1S/C42H68O11/c1-11-29(38(46)47)31-15-14-23(4)36(50-31)27(8)34(44)26(7)35(45)30(12-2)37-24(5)22-25(6)41(51-37)19-16-32(43)42(53-41)21-20-39(10,52-42)33-17-18-40(48,13-3)28(9)49-33/h16,19,23-31,33-34,36-37,44,48H,11-15,17-18,20-22H2,1-10H3,(H,46,47)/t23-,24-,25+,26-,27-,28-,29+,30-,31+,33+,34+,36?,37-,39-,40+,41-,42-/m0/s1. The molecule has 0 radical (unpaired) electrons. The molecule has 0 amide bonds. The highest BCUT2D eigenvalue weighted by atomic mass is 16.8. The number of ether oxygens (including phenoxy) is 5. The molecule has 0 aromatic carbocycles. The van der Waals surface area contributed by atoms with E-state index >= 15 is 0 Å². The predicted octanol–water partition coefficient (Wildman–Crippen LogP) is 6.40. The number of carboxylic acids is 1. The van der Waals surface area contributed by atoms with E-state index in [1.165, 1.54) is 6.08 Å². The molecular formula is C42H68O11. The van der Waals surface area contributed by atoms with Crippen molar-refractivity contribution in [1.82, 2.24) is 0 Å². The van der Waals surface area contributed by atoms with Gasteiger partial charge in [0.05, 0.1) is 53.7 Å². The minimum absolute atomic E-state index is 0.00877. The molecular weight excluding hydrogens is 680 g/mol. The van der Waals surface area contributed by atoms with Crippen LogP contribution in [0.2, 0.25) is 0 Å². The molecule has 5 rings (SSSR count). The maximum atomic E-state index is 14.4. The highest BCUT2D eigenvalue weighted by molar-refractivity contribution is 5.97. The molecule has 5 heterocycles. The quantitative estimate of drug-likeness (QED) is 0.203. The van der Waals surface area contributed by atoms with E-state index < -0.39 is 70.7 Å². The van der Waals surface area contributed by atoms with Gasteiger partial charge < -0.3 is 39.0 Å². The van der Waals surface area contributed by atoms with Crippen LogP contribution in [0.25, 0.3) is 0 Å². The van der Waals surface area contributed by atoms with Gasteiger partial charge in [-0.2, -0.15) is 0 Å². The van der Waals surface area contributed by atoms with Gasteiger partial charge in [-0.25, -0.2) is 0 Å². The Hall–Kier alpha value is -1.73. The van der Waals surface area contributed by atoms with Gasteiger partial charge in [-0.15, -0.1) is 0 Å². The molecule has 1 unspecified atom stereocenters. The van der Waals surface area contributed by atoms with E-state index in [0.717, 1.165) is 6.42 Å². The second-order valence-electron chi connectivity index (χ2n) is 17.8. The van der Waals surface area contributed by atoms with Crippen molar-refractivity contribution < 1.29 is 53.4 Å². The molecule has 3 N–H and O–H groups in total. The third-order valence-corrected chi connectivity index (χ3v) is 14.3. The van der Waals surface area contributed by atoms with E-state index in [1.54, 1.807) is 13.0 Å². The van der Waals surface area contributed by atoms with E-state index in [2.05, 4.69) is 13.8 Å². The molecule has 11 heteroatoms. The summed E-state index contributed by atoms with van der Waals surface area (Å²) in [7, 11) is 0. The number of carbonyl (C=O) groups excluding carboxylic acids is 2. The largest absolute Gasteiger partial charge is 0.481 e. The number of aliphatic hydroxyl groups is 2. The molecule has 0 saturated carbocycles. The first-order valence-corrected chi connectivity index (χ1v) is 20.6. The van der Waals surface area contributed by atoms with Crippen LogP contribution < -0.4 is 0 Å². The van der Waals surface area contributed by atoms with E-state index in [9.17, 15) is 29.7 Å². The van der Waals surface area contributed by atoms with Gasteiger partial charge in [0.25, 0.3) is 0 Å². The summed E-state index contributed by atoms with van der Waals surface area (Å²) < 4.78 is 33.2. The third kappa shape index (κ3) is 7.83. The van der Waals surface area contributed by atoms with Crippen LogP contribution in [0.5, 0.6) is 0 Å². The van der Waals surface area contributed by atoms with Gasteiger partial charge >= 0.3 is 5.97 Å². The fourth-order valence-corrected chi connectivity index (χ4v) is 10.4. The number of Topliss-reactive ketones (excluding diaryl/α,β-unsaturated/α-hetero) is 1. The lowest BCUT2D eigenvalue weighted by Gasteiger charge is -2.53. The highest BCUT2D eigenvalue weighted by Crippen LogP contribution is 2.53. The van der Waals surface area contributed by atoms with Crippen LogP contribution in [0.3, 0.4) is 0 Å². The van der Waals surface area contributed by atoms with Crippen LogP contribution in [-0.2, 0) is 38.1 Å². The van der Waals surface area contributed by atoms with E-state index in [4.69, 9.17) is 23.7 Å². The molecule has 2 spiro atoms. The Kier molecular flexibility index (Phi) is 12.8. The minimum Gasteiger partial charge on any atom is -0.481 e. The van der Waals surface area contributed by atoms with Gasteiger partial charge in [0.2, 0.25) is 11.6 Å². The molecule has 0 aromatic heterocycles. The minimum atomic E-state index is -1.56. The monoisotopic (exact) mass is 748 g/mol. The van der Waals surface area contributed by atoms with Gasteiger partial charge in [0.1, 0.15) is 5.78 Å². The second kappa shape index (κ2) is 16.0. The summed E-state index contributed by atoms with van der Waals surface area (Å²) in [6.45, 7) is 19.4. The van der Waals surface area contributed by atoms with E-state index in [1.807, 2.05) is 48.5 Å². The smallest absolute Gasteiger partial charge is 0.309 e. The number of hydrogen-bond donors (Lipinski definition) is 3. The van der Waals surface area contributed by atoms with Crippen molar-refractivity contribution in [2.24, 2.45) is 41.4 Å². The molecule has 5 aliphatic rings. The molecule has 11 nitrogen and oxygen atoms in total. The zero-order valence-corrected chi connectivity index (χ0v) is 33.8. The Morgan fingerprint density at radius 2 is 1.58 bits per heavy atom. The fraction of sp³-hybridized carbons (Fsp3) is 0.881. The molecule has 53 heavy (non-hydrogen) atoms. The summed E-state index contributed by atoms with van der Waals surface area (Å²) in [5, 5.41) is 32.5. The summed E-state index contributed by atoms with van der Waals surface area (Å²) in [5.41, 5.74) is -1.71. The Labute approximate surface area is 316 Å². The van der Waals surface area contributed by atoms with Crippen molar-refractivity contribution in [3.63, 3.8) is 0 Å². The van der Waals surface area contributed by atoms with Crippen LogP contribution in [0, 0.1) is 41.4 Å². The van der Waals surface area contributed by atoms with Crippen LogP contribution in [0.4, 0.5) is 0 Å². The maximum Gasteiger partial charge on any atom is 0.309 e. The number of carbonyl (C=O) groups is 3. The van der Waals surface area contributed by atoms with Crippen molar-refractivity contribution >= 4 is 17.5 Å². The first-order chi connectivity index (χ1) is 24.8. The molecule has 302 valence electrons. The van der Waals surface area contributed by atoms with Gasteiger partial charge in [-0.05, 0) is 95.6 Å². The lowest BCUT2D eigenvalue weighted by molar-refractivity contribution is -0.378. The zero-order valence-electron chi connectivity index (χ0n) is 33.8. The van der Waals surface area contributed by atoms with Gasteiger partial charge in [-0.1, -0.05) is 55.4 Å². The predicted molar refractivity (Wildman–Crippen MR) is 198 cm³/mol. The number of aliphatic hydroxyl groups excluding tert-OH is 1. The molecule has 0 aromatic rings. The SMILES string of the molecule is CC[C@@H](C(=O)[C@@H](C)[C@@H](O)[C@H](C)C1O[C@@H]([C@@H](CC)C(=O)O)CC[C@@H]1C)[C@H]1O[C@]2(C=CC(=O)[C@]3(CC[C@@](C)([C@H]4CC[C@](O)(CC)[C@H](C)O4)O3)O2)[C@H](C)C[C@@H]1C. The summed E-state index contributed by atoms with van der Waals surface area (Å²) in [5.74, 6) is -6.46. The highest BCUT2D eigenvalue weighted by Gasteiger charge is 2.63. The molecule has 17 atom stereocenters. The molecule has 0 aliphatic carbocycles. The second-order valence-corrected chi connectivity index (χ2v) is 17.8. The van der Waals surface area contributed by atoms with Gasteiger partial charge in [0, 0.05) is 30.1 Å². The average Bonchev–Trinajstić information content (AvgIpc) is 3.47. The Bertz CT molecular complexity index is 1370. The number of rotatable bonds is 12. The zero-order chi connectivity index (χ0) is 39.3. The van der Waals surface area contributed by atoms with Crippen molar-refractivity contribution in [2.75, 3.05) is 0 Å². The van der Waals surface area contributed by atoms with E-state index in [0.29, 0.717) is 57.8 Å². The summed E-state index contributed by atoms with van der Waals surface area (Å²) in [6.07, 6.45) is 5.84. The maximum absolute atomic E-state index is 14.4. The summed E-state index contributed by atoms with van der Waals surface area (Å²) >= 11 is 0. The van der Waals surface area contributed by atoms with Crippen molar-refractivity contribution in [3.8, 4) is 0 Å². The summed E-state index contributed by atoms with van der Waals surface area (Å²) in [6, 6.07) is 0. The molecule has 4 fully saturated rings. The Morgan fingerprint density at radius 1 is 0.906 bits per heavy atom. The average molecular weight is 749 g/mol. The molecule has 4 saturated heterocycles. The number of aliphatic carboxylic acids is 1. The molecule has 0 bridgehead atoms. The van der Waals surface area contributed by atoms with Crippen LogP contribution >= 0.6 is 0 Å². The summed E-state index contributed by atoms with van der Waals surface area (Å²) in [4.78, 5) is 40.0. The van der Waals surface area contributed by atoms with E-state index in [-0.39, 0.29) is 47.6 Å². The van der Waals surface area contributed by atoms with Crippen molar-refractivity contribution in [1.29, 1.82) is 0 Å². The topological polar surface area (TPSA) is 158 Å². The fourth-order valence-electron chi connectivity index (χ4n) is 10.4. The van der Waals surface area contributed by atoms with Crippen molar-refractivity contribution in [2.45, 2.75) is 193 Å². The van der Waals surface area contributed by atoms with Gasteiger partial charge in [-0.3, -0.25) is 14.4 Å².